The molecule has 7 heteroatoms. The first-order chi connectivity index (χ1) is 9.95. The molecule has 0 unspecified atom stereocenters. The average Bonchev–Trinajstić information content (AvgIpc) is 2.96. The first kappa shape index (κ1) is 13.8. The van der Waals surface area contributed by atoms with Gasteiger partial charge in [-0.15, -0.1) is 10.2 Å². The number of hydrogen-bond donors (Lipinski definition) is 1. The lowest BCUT2D eigenvalue weighted by molar-refractivity contribution is 0.305. The molecule has 0 aliphatic heterocycles. The van der Waals surface area contributed by atoms with Crippen LogP contribution >= 0.6 is 11.3 Å². The quantitative estimate of drug-likeness (QED) is 0.753. The molecule has 2 aromatic heterocycles. The Morgan fingerprint density at radius 1 is 1.24 bits per heavy atom. The van der Waals surface area contributed by atoms with Crippen molar-refractivity contribution in [1.82, 2.24) is 19.8 Å². The molecular weight excluding hydrogens is 286 g/mol. The molecule has 0 radical (unpaired) electrons. The lowest BCUT2D eigenvalue weighted by Crippen LogP contribution is -2.16. The molecule has 0 aliphatic carbocycles. The van der Waals surface area contributed by atoms with Crippen molar-refractivity contribution in [2.24, 2.45) is 0 Å². The highest BCUT2D eigenvalue weighted by molar-refractivity contribution is 7.16. The van der Waals surface area contributed by atoms with Crippen LogP contribution in [0.2, 0.25) is 0 Å². The maximum absolute atomic E-state index is 5.85. The van der Waals surface area contributed by atoms with Gasteiger partial charge in [-0.05, 0) is 12.1 Å². The van der Waals surface area contributed by atoms with E-state index in [0.29, 0.717) is 18.0 Å². The van der Waals surface area contributed by atoms with Crippen LogP contribution < -0.4 is 10.5 Å². The average molecular weight is 303 g/mol. The summed E-state index contributed by atoms with van der Waals surface area (Å²) in [5.41, 5.74) is 6.37. The monoisotopic (exact) mass is 303 g/mol. The molecule has 110 valence electrons. The summed E-state index contributed by atoms with van der Waals surface area (Å²) in [5, 5.41) is 13.7. The van der Waals surface area contributed by atoms with Gasteiger partial charge in [0.1, 0.15) is 12.4 Å². The minimum Gasteiger partial charge on any atom is -0.484 e. The van der Waals surface area contributed by atoms with Crippen LogP contribution in [0.5, 0.6) is 5.75 Å². The summed E-state index contributed by atoms with van der Waals surface area (Å²) in [5.74, 6) is 1.51. The number of anilines is 1. The van der Waals surface area contributed by atoms with Gasteiger partial charge in [-0.2, -0.15) is 9.61 Å². The number of benzene rings is 1. The molecule has 3 aromatic rings. The second-order valence-corrected chi connectivity index (χ2v) is 6.83. The van der Waals surface area contributed by atoms with Crippen molar-refractivity contribution >= 4 is 22.0 Å². The minimum atomic E-state index is -0.102. The lowest BCUT2D eigenvalue weighted by Gasteiger charge is -2.13. The largest absolute Gasteiger partial charge is 0.484 e. The predicted octanol–water partition coefficient (Wildman–Crippen LogP) is 2.64. The van der Waals surface area contributed by atoms with Gasteiger partial charge in [0.25, 0.3) is 0 Å². The molecule has 0 fully saturated rings. The fourth-order valence-corrected chi connectivity index (χ4v) is 2.68. The third-order valence-corrected chi connectivity index (χ3v) is 3.85. The van der Waals surface area contributed by atoms with E-state index in [1.54, 1.807) is 4.52 Å². The Hall–Kier alpha value is -2.15. The van der Waals surface area contributed by atoms with Crippen LogP contribution in [0, 0.1) is 0 Å². The molecule has 0 bridgehead atoms. The number of para-hydroxylation sites is 2. The number of fused-ring (bicyclic) bond motifs is 1. The van der Waals surface area contributed by atoms with Crippen molar-refractivity contribution in [3.63, 3.8) is 0 Å². The minimum absolute atomic E-state index is 0.102. The summed E-state index contributed by atoms with van der Waals surface area (Å²) >= 11 is 1.47. The molecule has 0 saturated heterocycles. The fraction of sp³-hybridized carbons (Fsp3) is 0.357. The molecule has 6 nitrogen and oxygen atoms in total. The molecular formula is C14H17N5OS. The summed E-state index contributed by atoms with van der Waals surface area (Å²) in [4.78, 5) is 0.777. The Labute approximate surface area is 126 Å². The van der Waals surface area contributed by atoms with Gasteiger partial charge >= 0.3 is 0 Å². The van der Waals surface area contributed by atoms with Crippen LogP contribution in [0.3, 0.4) is 0 Å². The third kappa shape index (κ3) is 2.69. The Morgan fingerprint density at radius 2 is 2.00 bits per heavy atom. The van der Waals surface area contributed by atoms with Crippen LogP contribution in [0.25, 0.3) is 4.96 Å². The van der Waals surface area contributed by atoms with Gasteiger partial charge in [0.05, 0.1) is 5.69 Å². The van der Waals surface area contributed by atoms with E-state index in [1.165, 1.54) is 11.3 Å². The number of nitrogens with zero attached hydrogens (tertiary/aromatic N) is 4. The zero-order valence-electron chi connectivity index (χ0n) is 12.2. The van der Waals surface area contributed by atoms with Gasteiger partial charge in [0.15, 0.2) is 10.8 Å². The number of aromatic nitrogens is 4. The maximum atomic E-state index is 5.85. The Bertz CT molecular complexity index is 771. The SMILES string of the molecule is CC(C)(C)c1nnc2sc(COc3ccccc3N)nn12. The molecule has 0 saturated carbocycles. The second-order valence-electron chi connectivity index (χ2n) is 5.79. The molecule has 2 N–H and O–H groups in total. The molecule has 0 atom stereocenters. The van der Waals surface area contributed by atoms with Crippen molar-refractivity contribution < 1.29 is 4.74 Å². The topological polar surface area (TPSA) is 78.3 Å². The summed E-state index contributed by atoms with van der Waals surface area (Å²) in [6.07, 6.45) is 0. The van der Waals surface area contributed by atoms with Crippen molar-refractivity contribution in [2.45, 2.75) is 32.8 Å². The van der Waals surface area contributed by atoms with E-state index in [1.807, 2.05) is 24.3 Å². The van der Waals surface area contributed by atoms with E-state index in [2.05, 4.69) is 36.1 Å². The van der Waals surface area contributed by atoms with E-state index >= 15 is 0 Å². The van der Waals surface area contributed by atoms with Gasteiger partial charge in [0, 0.05) is 5.41 Å². The number of nitrogen functional groups attached to an aromatic ring is 1. The number of hydrogen-bond acceptors (Lipinski definition) is 6. The molecule has 0 amide bonds. The predicted molar refractivity (Wildman–Crippen MR) is 82.5 cm³/mol. The summed E-state index contributed by atoms with van der Waals surface area (Å²) in [7, 11) is 0. The zero-order valence-corrected chi connectivity index (χ0v) is 13.0. The highest BCUT2D eigenvalue weighted by atomic mass is 32.1. The molecule has 3 rings (SSSR count). The number of ether oxygens (including phenoxy) is 1. The van der Waals surface area contributed by atoms with Crippen LogP contribution in [0.15, 0.2) is 24.3 Å². The Morgan fingerprint density at radius 3 is 2.71 bits per heavy atom. The molecule has 1 aromatic carbocycles. The van der Waals surface area contributed by atoms with Gasteiger partial charge in [-0.25, -0.2) is 0 Å². The summed E-state index contributed by atoms with van der Waals surface area (Å²) in [6, 6.07) is 7.42. The molecule has 0 spiro atoms. The van der Waals surface area contributed by atoms with Gasteiger partial charge in [0.2, 0.25) is 4.96 Å². The van der Waals surface area contributed by atoms with Crippen molar-refractivity contribution in [3.05, 3.63) is 35.1 Å². The van der Waals surface area contributed by atoms with Crippen molar-refractivity contribution in [3.8, 4) is 5.75 Å². The van der Waals surface area contributed by atoms with E-state index in [4.69, 9.17) is 10.5 Å². The number of nitrogens with two attached hydrogens (primary N) is 1. The van der Waals surface area contributed by atoms with E-state index in [0.717, 1.165) is 15.8 Å². The zero-order chi connectivity index (χ0) is 15.0. The van der Waals surface area contributed by atoms with E-state index in [-0.39, 0.29) is 5.41 Å². The van der Waals surface area contributed by atoms with Crippen LogP contribution in [0.1, 0.15) is 31.6 Å². The third-order valence-electron chi connectivity index (χ3n) is 2.97. The second kappa shape index (κ2) is 5.00. The van der Waals surface area contributed by atoms with Gasteiger partial charge in [-0.1, -0.05) is 44.2 Å². The highest BCUT2D eigenvalue weighted by Crippen LogP contribution is 2.25. The molecule has 2 heterocycles. The van der Waals surface area contributed by atoms with Gasteiger partial charge in [-0.3, -0.25) is 0 Å². The maximum Gasteiger partial charge on any atom is 0.234 e. The Balaban J connectivity index is 1.83. The fourth-order valence-electron chi connectivity index (χ4n) is 1.93. The smallest absolute Gasteiger partial charge is 0.234 e. The van der Waals surface area contributed by atoms with E-state index in [9.17, 15) is 0 Å². The normalized spacial score (nSPS) is 12.0. The summed E-state index contributed by atoms with van der Waals surface area (Å²) < 4.78 is 7.50. The molecule has 0 aliphatic rings. The van der Waals surface area contributed by atoms with Gasteiger partial charge < -0.3 is 10.5 Å². The summed E-state index contributed by atoms with van der Waals surface area (Å²) in [6.45, 7) is 6.63. The first-order valence-electron chi connectivity index (χ1n) is 6.64. The number of rotatable bonds is 3. The lowest BCUT2D eigenvalue weighted by atomic mass is 9.96. The van der Waals surface area contributed by atoms with Crippen LogP contribution in [-0.4, -0.2) is 19.8 Å². The highest BCUT2D eigenvalue weighted by Gasteiger charge is 2.23. The van der Waals surface area contributed by atoms with Crippen LogP contribution in [-0.2, 0) is 12.0 Å². The Kier molecular flexibility index (Phi) is 3.29. The van der Waals surface area contributed by atoms with Crippen molar-refractivity contribution in [2.75, 3.05) is 5.73 Å². The molecule has 21 heavy (non-hydrogen) atoms. The van der Waals surface area contributed by atoms with Crippen molar-refractivity contribution in [1.29, 1.82) is 0 Å². The standard InChI is InChI=1S/C14H17N5OS/c1-14(2,3)12-16-17-13-19(12)18-11(21-13)8-20-10-7-5-4-6-9(10)15/h4-7H,8,15H2,1-3H3. The van der Waals surface area contributed by atoms with E-state index < -0.39 is 0 Å². The first-order valence-corrected chi connectivity index (χ1v) is 7.46. The van der Waals surface area contributed by atoms with Crippen LogP contribution in [0.4, 0.5) is 5.69 Å².